The monoisotopic (exact) mass is 357 g/mol. The maximum Gasteiger partial charge on any atom is 0.300 e. The number of fused-ring (bicyclic) bond motifs is 1. The molecule has 6 nitrogen and oxygen atoms in total. The summed E-state index contributed by atoms with van der Waals surface area (Å²) in [5, 5.41) is 14.9. The van der Waals surface area contributed by atoms with Crippen molar-refractivity contribution in [3.63, 3.8) is 0 Å². The van der Waals surface area contributed by atoms with Crippen LogP contribution in [0, 0.1) is 13.8 Å². The van der Waals surface area contributed by atoms with Gasteiger partial charge in [0.1, 0.15) is 0 Å². The molecular formula is C18H19N3O3S. The zero-order chi connectivity index (χ0) is 18.2. The number of sulfonamides is 1. The van der Waals surface area contributed by atoms with Crippen molar-refractivity contribution in [1.82, 2.24) is 4.57 Å². The molecule has 0 fully saturated rings. The molecule has 25 heavy (non-hydrogen) atoms. The van der Waals surface area contributed by atoms with Gasteiger partial charge in [-0.2, -0.15) is 8.42 Å². The average Bonchev–Trinajstić information content (AvgIpc) is 2.86. The number of rotatable bonds is 4. The smallest absolute Gasteiger partial charge is 0.300 e. The van der Waals surface area contributed by atoms with Gasteiger partial charge in [0.15, 0.2) is 5.69 Å². The zero-order valence-corrected chi connectivity index (χ0v) is 15.1. The number of hydrogen-bond donors (Lipinski definition) is 1. The molecule has 130 valence electrons. The number of hydrogen-bond acceptors (Lipinski definition) is 4. The molecule has 0 bridgehead atoms. The van der Waals surface area contributed by atoms with E-state index in [1.54, 1.807) is 35.8 Å². The van der Waals surface area contributed by atoms with E-state index < -0.39 is 10.0 Å². The van der Waals surface area contributed by atoms with E-state index in [9.17, 15) is 13.5 Å². The lowest BCUT2D eigenvalue weighted by Gasteiger charge is -2.03. The summed E-state index contributed by atoms with van der Waals surface area (Å²) in [6, 6.07) is 12.4. The van der Waals surface area contributed by atoms with Crippen LogP contribution in [0.1, 0.15) is 18.1 Å². The van der Waals surface area contributed by atoms with Gasteiger partial charge in [-0.15, -0.1) is 5.11 Å². The van der Waals surface area contributed by atoms with Crippen LogP contribution < -0.4 is 0 Å². The Balaban J connectivity index is 2.12. The number of aromatic hydroxyl groups is 1. The first kappa shape index (κ1) is 17.2. The molecule has 0 saturated heterocycles. The van der Waals surface area contributed by atoms with Crippen LogP contribution in [0.5, 0.6) is 5.88 Å². The number of aromatic nitrogens is 1. The van der Waals surface area contributed by atoms with Crippen molar-refractivity contribution in [3.8, 4) is 5.88 Å². The summed E-state index contributed by atoms with van der Waals surface area (Å²) < 4.78 is 30.3. The number of benzene rings is 2. The van der Waals surface area contributed by atoms with Gasteiger partial charge in [-0.05, 0) is 44.0 Å². The Labute approximate surface area is 146 Å². The fourth-order valence-electron chi connectivity index (χ4n) is 2.81. The standard InChI is InChI=1S/C18H19N3O3S/c1-4-21-15-8-6-5-7-14(15)17(18(21)22)19-20-25(23,24)16-11-12(2)9-10-13(16)3/h5-11,22H,4H2,1-3H3. The van der Waals surface area contributed by atoms with Crippen LogP contribution in [0.2, 0.25) is 0 Å². The van der Waals surface area contributed by atoms with E-state index in [0.29, 0.717) is 17.5 Å². The molecule has 0 unspecified atom stereocenters. The fourth-order valence-corrected chi connectivity index (χ4v) is 3.90. The normalized spacial score (nSPS) is 12.3. The second kappa shape index (κ2) is 6.33. The molecule has 0 atom stereocenters. The third-order valence-corrected chi connectivity index (χ3v) is 5.40. The van der Waals surface area contributed by atoms with E-state index in [2.05, 4.69) is 9.63 Å². The first-order chi connectivity index (χ1) is 11.8. The minimum absolute atomic E-state index is 0.0939. The molecule has 7 heteroatoms. The van der Waals surface area contributed by atoms with Gasteiger partial charge in [0.05, 0.1) is 10.4 Å². The van der Waals surface area contributed by atoms with E-state index in [1.807, 2.05) is 32.0 Å². The second-order valence-corrected chi connectivity index (χ2v) is 7.41. The Kier molecular flexibility index (Phi) is 4.34. The molecule has 1 aromatic heterocycles. The summed E-state index contributed by atoms with van der Waals surface area (Å²) >= 11 is 0. The van der Waals surface area contributed by atoms with Crippen LogP contribution in [0.4, 0.5) is 5.69 Å². The highest BCUT2D eigenvalue weighted by molar-refractivity contribution is 7.90. The van der Waals surface area contributed by atoms with Crippen LogP contribution in [0.15, 0.2) is 57.0 Å². The Morgan fingerprint density at radius 3 is 2.56 bits per heavy atom. The Morgan fingerprint density at radius 2 is 1.84 bits per heavy atom. The summed E-state index contributed by atoms with van der Waals surface area (Å²) in [6.45, 7) is 5.95. The zero-order valence-electron chi connectivity index (χ0n) is 14.3. The predicted octanol–water partition coefficient (Wildman–Crippen LogP) is 4.46. The SMILES string of the molecule is CCn1c(O)c(N=NS(=O)(=O)c2cc(C)ccc2C)c2ccccc21. The predicted molar refractivity (Wildman–Crippen MR) is 96.9 cm³/mol. The maximum absolute atomic E-state index is 12.6. The van der Waals surface area contributed by atoms with Crippen molar-refractivity contribution >= 4 is 26.6 Å². The van der Waals surface area contributed by atoms with Gasteiger partial charge in [0.25, 0.3) is 10.0 Å². The molecule has 2 aromatic carbocycles. The first-order valence-corrected chi connectivity index (χ1v) is 9.34. The molecule has 1 heterocycles. The van der Waals surface area contributed by atoms with Crippen molar-refractivity contribution in [3.05, 3.63) is 53.6 Å². The van der Waals surface area contributed by atoms with Crippen molar-refractivity contribution in [2.45, 2.75) is 32.2 Å². The van der Waals surface area contributed by atoms with Crippen molar-refractivity contribution in [2.75, 3.05) is 0 Å². The van der Waals surface area contributed by atoms with Gasteiger partial charge in [0.2, 0.25) is 5.88 Å². The highest BCUT2D eigenvalue weighted by atomic mass is 32.2. The molecule has 3 rings (SSSR count). The quantitative estimate of drug-likeness (QED) is 0.700. The van der Waals surface area contributed by atoms with Gasteiger partial charge in [0, 0.05) is 11.9 Å². The van der Waals surface area contributed by atoms with Crippen LogP contribution in [-0.4, -0.2) is 18.1 Å². The Bertz CT molecular complexity index is 1080. The van der Waals surface area contributed by atoms with Crippen LogP contribution in [0.3, 0.4) is 0 Å². The molecule has 3 aromatic rings. The van der Waals surface area contributed by atoms with E-state index in [0.717, 1.165) is 11.1 Å². The number of para-hydroxylation sites is 1. The van der Waals surface area contributed by atoms with Gasteiger partial charge < -0.3 is 9.67 Å². The lowest BCUT2D eigenvalue weighted by atomic mass is 10.2. The van der Waals surface area contributed by atoms with Crippen molar-refractivity contribution in [1.29, 1.82) is 0 Å². The highest BCUT2D eigenvalue weighted by Gasteiger charge is 2.19. The van der Waals surface area contributed by atoms with Crippen LogP contribution >= 0.6 is 0 Å². The topological polar surface area (TPSA) is 84.0 Å². The summed E-state index contributed by atoms with van der Waals surface area (Å²) in [7, 11) is -3.96. The number of nitrogens with zero attached hydrogens (tertiary/aromatic N) is 3. The van der Waals surface area contributed by atoms with Crippen molar-refractivity contribution < 1.29 is 13.5 Å². The molecule has 0 saturated carbocycles. The molecule has 0 aliphatic carbocycles. The van der Waals surface area contributed by atoms with Gasteiger partial charge in [-0.25, -0.2) is 0 Å². The minimum Gasteiger partial charge on any atom is -0.493 e. The van der Waals surface area contributed by atoms with Gasteiger partial charge in [-0.3, -0.25) is 0 Å². The molecule has 0 spiro atoms. The molecule has 0 amide bonds. The summed E-state index contributed by atoms with van der Waals surface area (Å²) in [6.07, 6.45) is 0. The van der Waals surface area contributed by atoms with Crippen LogP contribution in [0.25, 0.3) is 10.9 Å². The fraction of sp³-hybridized carbons (Fsp3) is 0.222. The Morgan fingerprint density at radius 1 is 1.12 bits per heavy atom. The minimum atomic E-state index is -3.96. The van der Waals surface area contributed by atoms with Crippen molar-refractivity contribution in [2.24, 2.45) is 9.63 Å². The van der Waals surface area contributed by atoms with Crippen LogP contribution in [-0.2, 0) is 16.6 Å². The summed E-state index contributed by atoms with van der Waals surface area (Å²) in [5.74, 6) is -0.0939. The average molecular weight is 357 g/mol. The molecule has 0 aliphatic rings. The first-order valence-electron chi connectivity index (χ1n) is 7.90. The van der Waals surface area contributed by atoms with E-state index in [-0.39, 0.29) is 16.5 Å². The lowest BCUT2D eigenvalue weighted by molar-refractivity contribution is 0.427. The number of aryl methyl sites for hydroxylation is 3. The largest absolute Gasteiger partial charge is 0.493 e. The summed E-state index contributed by atoms with van der Waals surface area (Å²) in [4.78, 5) is 0.120. The van der Waals surface area contributed by atoms with E-state index in [4.69, 9.17) is 0 Å². The lowest BCUT2D eigenvalue weighted by Crippen LogP contribution is -1.99. The van der Waals surface area contributed by atoms with Gasteiger partial charge >= 0.3 is 0 Å². The molecular weight excluding hydrogens is 338 g/mol. The third-order valence-electron chi connectivity index (χ3n) is 4.10. The maximum atomic E-state index is 12.6. The van der Waals surface area contributed by atoms with E-state index >= 15 is 0 Å². The van der Waals surface area contributed by atoms with E-state index in [1.165, 1.54) is 0 Å². The third kappa shape index (κ3) is 3.02. The summed E-state index contributed by atoms with van der Waals surface area (Å²) in [5.41, 5.74) is 2.36. The second-order valence-electron chi connectivity index (χ2n) is 5.86. The molecule has 1 N–H and O–H groups in total. The van der Waals surface area contributed by atoms with Gasteiger partial charge in [-0.1, -0.05) is 34.9 Å². The highest BCUT2D eigenvalue weighted by Crippen LogP contribution is 2.39. The Hall–Kier alpha value is -2.67. The molecule has 0 aliphatic heterocycles. The molecule has 0 radical (unpaired) electrons.